The number of nitrogens with one attached hydrogen (secondary N) is 1. The molecule has 0 aromatic carbocycles. The van der Waals surface area contributed by atoms with Crippen molar-refractivity contribution in [1.82, 2.24) is 24.4 Å². The molecule has 4 N–H and O–H groups in total. The molecule has 0 saturated heterocycles. The maximum absolute atomic E-state index is 8.90. The Hall–Kier alpha value is -2.32. The molecule has 0 aliphatic carbocycles. The molecule has 0 fully saturated rings. The monoisotopic (exact) mass is 350 g/mol. The van der Waals surface area contributed by atoms with Crippen molar-refractivity contribution in [2.24, 2.45) is 0 Å². The molecule has 3 heterocycles. The smallest absolute Gasteiger partial charge is 0.564 e. The van der Waals surface area contributed by atoms with Crippen LogP contribution in [0.15, 0.2) is 24.7 Å². The van der Waals surface area contributed by atoms with Gasteiger partial charge in [0.05, 0.1) is 44.0 Å². The SMILES string of the molecule is Cc1cc(NCCCN2[C+]N(CCO)C=C2)n2ncc(N)c2n1.[Cl-]. The maximum atomic E-state index is 8.90. The highest BCUT2D eigenvalue weighted by atomic mass is 35.5. The van der Waals surface area contributed by atoms with Crippen LogP contribution in [0.3, 0.4) is 0 Å². The Morgan fingerprint density at radius 3 is 2.79 bits per heavy atom. The van der Waals surface area contributed by atoms with Crippen LogP contribution in [-0.4, -0.2) is 55.7 Å². The van der Waals surface area contributed by atoms with E-state index >= 15 is 0 Å². The number of fused-ring (bicyclic) bond motifs is 1. The van der Waals surface area contributed by atoms with Gasteiger partial charge in [0.1, 0.15) is 5.82 Å². The first-order valence-electron chi connectivity index (χ1n) is 7.61. The predicted octanol–water partition coefficient (Wildman–Crippen LogP) is -2.50. The van der Waals surface area contributed by atoms with E-state index in [9.17, 15) is 0 Å². The summed E-state index contributed by atoms with van der Waals surface area (Å²) in [5.74, 6) is 0.885. The van der Waals surface area contributed by atoms with E-state index in [0.29, 0.717) is 17.9 Å². The first kappa shape index (κ1) is 18.0. The number of aliphatic hydroxyl groups is 1. The Bertz CT molecular complexity index is 702. The molecule has 0 unspecified atom stereocenters. The van der Waals surface area contributed by atoms with Gasteiger partial charge in [-0.25, -0.2) is 4.98 Å². The van der Waals surface area contributed by atoms with Crippen LogP contribution in [0.2, 0.25) is 0 Å². The van der Waals surface area contributed by atoms with Gasteiger partial charge in [-0.05, 0) is 13.3 Å². The summed E-state index contributed by atoms with van der Waals surface area (Å²) < 4.78 is 1.72. The topological polar surface area (TPSA) is 94.9 Å². The highest BCUT2D eigenvalue weighted by Gasteiger charge is 2.29. The van der Waals surface area contributed by atoms with Gasteiger partial charge in [-0.3, -0.25) is 0 Å². The zero-order valence-electron chi connectivity index (χ0n) is 13.5. The van der Waals surface area contributed by atoms with Crippen molar-refractivity contribution in [3.63, 3.8) is 0 Å². The lowest BCUT2D eigenvalue weighted by Crippen LogP contribution is -3.00. The Labute approximate surface area is 147 Å². The first-order valence-corrected chi connectivity index (χ1v) is 7.61. The molecule has 0 spiro atoms. The van der Waals surface area contributed by atoms with Gasteiger partial charge in [-0.1, -0.05) is 0 Å². The number of halogens is 1. The lowest BCUT2D eigenvalue weighted by Gasteiger charge is -2.10. The van der Waals surface area contributed by atoms with Crippen molar-refractivity contribution >= 4 is 17.2 Å². The second kappa shape index (κ2) is 7.98. The summed E-state index contributed by atoms with van der Waals surface area (Å²) in [5.41, 5.74) is 8.02. The van der Waals surface area contributed by atoms with Gasteiger partial charge in [0, 0.05) is 18.3 Å². The summed E-state index contributed by atoms with van der Waals surface area (Å²) in [6.45, 7) is 7.43. The summed E-state index contributed by atoms with van der Waals surface area (Å²) in [6.07, 6.45) is 6.41. The highest BCUT2D eigenvalue weighted by molar-refractivity contribution is 5.66. The van der Waals surface area contributed by atoms with Gasteiger partial charge in [-0.2, -0.15) is 9.61 Å². The molecule has 3 rings (SSSR count). The number of β-amino-alcohol motifs (C(OH)–C–C–N with tert-alkyl or cyclic N) is 1. The lowest BCUT2D eigenvalue weighted by molar-refractivity contribution is -0.00000604. The van der Waals surface area contributed by atoms with Crippen LogP contribution in [0.4, 0.5) is 11.5 Å². The molecule has 9 heteroatoms. The molecule has 2 aromatic heterocycles. The second-order valence-corrected chi connectivity index (χ2v) is 5.41. The van der Waals surface area contributed by atoms with Crippen LogP contribution >= 0.6 is 0 Å². The quantitative estimate of drug-likeness (QED) is 0.375. The van der Waals surface area contributed by atoms with E-state index in [1.165, 1.54) is 0 Å². The Balaban J connectivity index is 0.00000208. The number of aliphatic hydroxyl groups excluding tert-OH is 1. The van der Waals surface area contributed by atoms with E-state index in [0.717, 1.165) is 31.0 Å². The Kier molecular flexibility index (Phi) is 5.99. The molecule has 129 valence electrons. The molecule has 1 aliphatic heterocycles. The highest BCUT2D eigenvalue weighted by Crippen LogP contribution is 2.17. The number of aryl methyl sites for hydroxylation is 1. The van der Waals surface area contributed by atoms with Gasteiger partial charge in [0.15, 0.2) is 5.65 Å². The number of nitrogen functional groups attached to an aromatic ring is 1. The van der Waals surface area contributed by atoms with Crippen LogP contribution < -0.4 is 23.5 Å². The minimum Gasteiger partial charge on any atom is -1.00 e. The number of nitrogens with zero attached hydrogens (tertiary/aromatic N) is 5. The van der Waals surface area contributed by atoms with Crippen molar-refractivity contribution in [1.29, 1.82) is 0 Å². The van der Waals surface area contributed by atoms with E-state index in [1.807, 2.05) is 35.2 Å². The molecule has 0 saturated carbocycles. The van der Waals surface area contributed by atoms with Crippen LogP contribution in [0.1, 0.15) is 12.1 Å². The molecule has 2 aromatic rings. The minimum atomic E-state index is 0. The summed E-state index contributed by atoms with van der Waals surface area (Å²) in [4.78, 5) is 8.22. The maximum Gasteiger partial charge on any atom is 0.564 e. The molecule has 24 heavy (non-hydrogen) atoms. The predicted molar refractivity (Wildman–Crippen MR) is 88.1 cm³/mol. The molecule has 0 amide bonds. The molecular formula is C15H21ClN7O. The minimum absolute atomic E-state index is 0. The van der Waals surface area contributed by atoms with Crippen molar-refractivity contribution in [2.45, 2.75) is 13.3 Å². The van der Waals surface area contributed by atoms with Gasteiger partial charge < -0.3 is 28.6 Å². The summed E-state index contributed by atoms with van der Waals surface area (Å²) in [6, 6.07) is 1.95. The second-order valence-electron chi connectivity index (χ2n) is 5.41. The van der Waals surface area contributed by atoms with Crippen LogP contribution in [-0.2, 0) is 0 Å². The fraction of sp³-hybridized carbons (Fsp3) is 0.400. The number of anilines is 2. The van der Waals surface area contributed by atoms with Crippen molar-refractivity contribution in [3.05, 3.63) is 37.0 Å². The summed E-state index contributed by atoms with van der Waals surface area (Å²) in [7, 11) is 0. The Morgan fingerprint density at radius 1 is 1.29 bits per heavy atom. The van der Waals surface area contributed by atoms with E-state index < -0.39 is 0 Å². The lowest BCUT2D eigenvalue weighted by atomic mass is 10.3. The fourth-order valence-corrected chi connectivity index (χ4v) is 2.44. The van der Waals surface area contributed by atoms with Crippen molar-refractivity contribution < 1.29 is 17.5 Å². The number of hydrogen-bond acceptors (Lipinski definition) is 7. The molecule has 1 radical (unpaired) electrons. The molecular weight excluding hydrogens is 330 g/mol. The average Bonchev–Trinajstić information content (AvgIpc) is 3.12. The fourth-order valence-electron chi connectivity index (χ4n) is 2.44. The third kappa shape index (κ3) is 3.95. The van der Waals surface area contributed by atoms with E-state index in [4.69, 9.17) is 10.8 Å². The Morgan fingerprint density at radius 2 is 2.04 bits per heavy atom. The van der Waals surface area contributed by atoms with Crippen LogP contribution in [0.5, 0.6) is 0 Å². The summed E-state index contributed by atoms with van der Waals surface area (Å²) >= 11 is 0. The van der Waals surface area contributed by atoms with Crippen LogP contribution in [0.25, 0.3) is 5.65 Å². The number of nitrogens with two attached hydrogens (primary N) is 1. The van der Waals surface area contributed by atoms with Gasteiger partial charge in [-0.15, -0.1) is 9.80 Å². The van der Waals surface area contributed by atoms with Gasteiger partial charge >= 0.3 is 6.67 Å². The third-order valence-electron chi connectivity index (χ3n) is 3.53. The average molecular weight is 351 g/mol. The zero-order chi connectivity index (χ0) is 16.2. The molecule has 8 nitrogen and oxygen atoms in total. The van der Waals surface area contributed by atoms with Crippen molar-refractivity contribution in [2.75, 3.05) is 37.3 Å². The third-order valence-corrected chi connectivity index (χ3v) is 3.53. The number of rotatable bonds is 7. The largest absolute Gasteiger partial charge is 1.00 e. The van der Waals surface area contributed by atoms with Crippen LogP contribution in [0, 0.1) is 13.6 Å². The zero-order valence-corrected chi connectivity index (χ0v) is 14.2. The number of hydrogen-bond donors (Lipinski definition) is 3. The standard InChI is InChI=1S/C15H21N7O.ClH/c1-12-9-14(22-15(19-12)13(16)10-18-22)17-3-2-4-20-5-6-21(11-20)7-8-23;/h5-6,9-10,17,23H,2-4,7-8,16H2,1H3;1H/q+1;/p-1. The van der Waals surface area contributed by atoms with Gasteiger partial charge in [0.2, 0.25) is 0 Å². The normalized spacial score (nSPS) is 13.2. The van der Waals surface area contributed by atoms with E-state index in [1.54, 1.807) is 10.7 Å². The van der Waals surface area contributed by atoms with Gasteiger partial charge in [0.25, 0.3) is 0 Å². The molecule has 0 atom stereocenters. The molecule has 1 aliphatic rings. The first-order chi connectivity index (χ1) is 11.2. The van der Waals surface area contributed by atoms with E-state index in [2.05, 4.69) is 22.1 Å². The van der Waals surface area contributed by atoms with Crippen molar-refractivity contribution in [3.8, 4) is 0 Å². The summed E-state index contributed by atoms with van der Waals surface area (Å²) in [5, 5.41) is 16.5. The molecule has 0 bridgehead atoms. The van der Waals surface area contributed by atoms with E-state index in [-0.39, 0.29) is 19.0 Å². The number of aromatic nitrogens is 3.